The van der Waals surface area contributed by atoms with Gasteiger partial charge in [0, 0.05) is 11.3 Å². The summed E-state index contributed by atoms with van der Waals surface area (Å²) in [5, 5.41) is 9.22. The summed E-state index contributed by atoms with van der Waals surface area (Å²) in [6, 6.07) is 19.3. The van der Waals surface area contributed by atoms with Crippen molar-refractivity contribution in [1.29, 1.82) is 0 Å². The van der Waals surface area contributed by atoms with Gasteiger partial charge in [-0.05, 0) is 48.0 Å². The number of carbonyl (C=O) groups excluding carboxylic acids is 1. The lowest BCUT2D eigenvalue weighted by atomic mass is 10.0. The van der Waals surface area contributed by atoms with E-state index in [1.165, 1.54) is 0 Å². The smallest absolute Gasteiger partial charge is 0.259 e. The average Bonchev–Trinajstić information content (AvgIpc) is 2.73. The van der Waals surface area contributed by atoms with Crippen LogP contribution in [0.25, 0.3) is 10.8 Å². The third-order valence-corrected chi connectivity index (χ3v) is 4.15. The Morgan fingerprint density at radius 3 is 2.61 bits per heavy atom. The van der Waals surface area contributed by atoms with Gasteiger partial charge in [-0.3, -0.25) is 4.79 Å². The van der Waals surface area contributed by atoms with Crippen molar-refractivity contribution in [3.05, 3.63) is 66.2 Å². The van der Waals surface area contributed by atoms with Crippen molar-refractivity contribution in [2.24, 2.45) is 5.10 Å². The van der Waals surface area contributed by atoms with Crippen molar-refractivity contribution >= 4 is 28.6 Å². The Morgan fingerprint density at radius 1 is 1.07 bits per heavy atom. The summed E-state index contributed by atoms with van der Waals surface area (Å²) in [4.78, 5) is 12.1. The monoisotopic (exact) mass is 377 g/mol. The number of methoxy groups -OCH3 is 1. The standard InChI is InChI=1S/C22H23N3O3/c1-3-28-18-11-9-17(10-12-18)23-15-22(26)25-24-14-20-19-7-5-4-6-16(19)8-13-21(20)27-2/h4-14,23H,3,15H2,1-2H3,(H,25,26)/b24-14-. The molecule has 144 valence electrons. The fourth-order valence-electron chi connectivity index (χ4n) is 2.81. The molecular formula is C22H23N3O3. The SMILES string of the molecule is CCOc1ccc(NCC(=O)N/N=C\c2c(OC)ccc3ccccc23)cc1. The minimum Gasteiger partial charge on any atom is -0.496 e. The highest BCUT2D eigenvalue weighted by Crippen LogP contribution is 2.26. The quantitative estimate of drug-likeness (QED) is 0.463. The molecule has 0 radical (unpaired) electrons. The van der Waals surface area contributed by atoms with E-state index in [1.807, 2.05) is 67.6 Å². The first-order valence-corrected chi connectivity index (χ1v) is 9.05. The topological polar surface area (TPSA) is 72.0 Å². The van der Waals surface area contributed by atoms with E-state index >= 15 is 0 Å². The van der Waals surface area contributed by atoms with Crippen LogP contribution in [0.5, 0.6) is 11.5 Å². The first-order chi connectivity index (χ1) is 13.7. The first-order valence-electron chi connectivity index (χ1n) is 9.05. The van der Waals surface area contributed by atoms with Crippen molar-refractivity contribution < 1.29 is 14.3 Å². The zero-order chi connectivity index (χ0) is 19.8. The molecule has 0 fully saturated rings. The lowest BCUT2D eigenvalue weighted by molar-refractivity contribution is -0.119. The van der Waals surface area contributed by atoms with Crippen LogP contribution in [0.2, 0.25) is 0 Å². The zero-order valence-electron chi connectivity index (χ0n) is 15.9. The normalized spacial score (nSPS) is 10.8. The number of hydrogen-bond donors (Lipinski definition) is 2. The van der Waals surface area contributed by atoms with Crippen LogP contribution in [0.4, 0.5) is 5.69 Å². The number of nitrogens with one attached hydrogen (secondary N) is 2. The second-order valence-electron chi connectivity index (χ2n) is 6.01. The molecule has 28 heavy (non-hydrogen) atoms. The highest BCUT2D eigenvalue weighted by atomic mass is 16.5. The molecule has 0 aromatic heterocycles. The van der Waals surface area contributed by atoms with Crippen molar-refractivity contribution in [2.75, 3.05) is 25.6 Å². The van der Waals surface area contributed by atoms with Gasteiger partial charge in [0.1, 0.15) is 11.5 Å². The molecule has 1 amide bonds. The largest absolute Gasteiger partial charge is 0.496 e. The summed E-state index contributed by atoms with van der Waals surface area (Å²) < 4.78 is 10.8. The number of rotatable bonds is 8. The van der Waals surface area contributed by atoms with Crippen LogP contribution in [0, 0.1) is 0 Å². The van der Waals surface area contributed by atoms with Gasteiger partial charge in [0.05, 0.1) is 26.5 Å². The molecule has 0 saturated heterocycles. The number of hydrazone groups is 1. The van der Waals surface area contributed by atoms with Crippen molar-refractivity contribution in [2.45, 2.75) is 6.92 Å². The third-order valence-electron chi connectivity index (χ3n) is 4.15. The minimum atomic E-state index is -0.246. The van der Waals surface area contributed by atoms with Crippen LogP contribution >= 0.6 is 0 Å². The molecule has 0 aliphatic heterocycles. The molecule has 3 aromatic rings. The van der Waals surface area contributed by atoms with Gasteiger partial charge in [-0.25, -0.2) is 5.43 Å². The molecule has 0 aliphatic carbocycles. The van der Waals surface area contributed by atoms with E-state index in [1.54, 1.807) is 13.3 Å². The van der Waals surface area contributed by atoms with Gasteiger partial charge in [-0.15, -0.1) is 0 Å². The number of ether oxygens (including phenoxy) is 2. The molecule has 0 unspecified atom stereocenters. The molecule has 0 atom stereocenters. The summed E-state index contributed by atoms with van der Waals surface area (Å²) in [5.74, 6) is 1.25. The molecule has 3 rings (SSSR count). The number of hydrogen-bond acceptors (Lipinski definition) is 5. The number of fused-ring (bicyclic) bond motifs is 1. The van der Waals surface area contributed by atoms with Crippen molar-refractivity contribution in [3.63, 3.8) is 0 Å². The van der Waals surface area contributed by atoms with Gasteiger partial charge in [0.25, 0.3) is 5.91 Å². The molecule has 0 spiro atoms. The summed E-state index contributed by atoms with van der Waals surface area (Å²) in [6.07, 6.45) is 1.61. The Balaban J connectivity index is 1.60. The maximum atomic E-state index is 12.1. The summed E-state index contributed by atoms with van der Waals surface area (Å²) in [7, 11) is 1.61. The Bertz CT molecular complexity index is 968. The van der Waals surface area contributed by atoms with Crippen LogP contribution in [0.1, 0.15) is 12.5 Å². The van der Waals surface area contributed by atoms with E-state index in [4.69, 9.17) is 9.47 Å². The Hall–Kier alpha value is -3.54. The van der Waals surface area contributed by atoms with Gasteiger partial charge in [0.2, 0.25) is 0 Å². The lowest BCUT2D eigenvalue weighted by Crippen LogP contribution is -2.25. The number of nitrogens with zero attached hydrogens (tertiary/aromatic N) is 1. The molecule has 6 heteroatoms. The molecule has 0 aliphatic rings. The molecular weight excluding hydrogens is 354 g/mol. The number of amides is 1. The summed E-state index contributed by atoms with van der Waals surface area (Å²) in [6.45, 7) is 2.66. The molecule has 0 bridgehead atoms. The van der Waals surface area contributed by atoms with Crippen LogP contribution < -0.4 is 20.2 Å². The van der Waals surface area contributed by atoms with Gasteiger partial charge in [-0.2, -0.15) is 5.10 Å². The van der Waals surface area contributed by atoms with E-state index in [0.717, 1.165) is 27.8 Å². The third kappa shape index (κ3) is 4.79. The van der Waals surface area contributed by atoms with E-state index in [2.05, 4.69) is 15.8 Å². The van der Waals surface area contributed by atoms with E-state index in [-0.39, 0.29) is 12.5 Å². The van der Waals surface area contributed by atoms with Crippen molar-refractivity contribution in [3.8, 4) is 11.5 Å². The average molecular weight is 377 g/mol. The van der Waals surface area contributed by atoms with Crippen LogP contribution in [-0.2, 0) is 4.79 Å². The van der Waals surface area contributed by atoms with Crippen LogP contribution in [0.15, 0.2) is 65.8 Å². The van der Waals surface area contributed by atoms with E-state index in [0.29, 0.717) is 12.4 Å². The fourth-order valence-corrected chi connectivity index (χ4v) is 2.81. The zero-order valence-corrected chi connectivity index (χ0v) is 15.9. The highest BCUT2D eigenvalue weighted by molar-refractivity contribution is 6.02. The Kier molecular flexibility index (Phi) is 6.46. The fraction of sp³-hybridized carbons (Fsp3) is 0.182. The molecule has 0 heterocycles. The van der Waals surface area contributed by atoms with Crippen LogP contribution in [-0.4, -0.2) is 32.4 Å². The molecule has 6 nitrogen and oxygen atoms in total. The predicted octanol–water partition coefficient (Wildman–Crippen LogP) is 3.81. The van der Waals surface area contributed by atoms with E-state index < -0.39 is 0 Å². The van der Waals surface area contributed by atoms with Crippen LogP contribution in [0.3, 0.4) is 0 Å². The highest BCUT2D eigenvalue weighted by Gasteiger charge is 2.06. The summed E-state index contributed by atoms with van der Waals surface area (Å²) in [5.41, 5.74) is 4.19. The second kappa shape index (κ2) is 9.41. The van der Waals surface area contributed by atoms with Gasteiger partial charge < -0.3 is 14.8 Å². The second-order valence-corrected chi connectivity index (χ2v) is 6.01. The Labute approximate surface area is 164 Å². The molecule has 3 aromatic carbocycles. The molecule has 2 N–H and O–H groups in total. The number of benzene rings is 3. The predicted molar refractivity (Wildman–Crippen MR) is 112 cm³/mol. The lowest BCUT2D eigenvalue weighted by Gasteiger charge is -2.09. The van der Waals surface area contributed by atoms with Crippen molar-refractivity contribution in [1.82, 2.24) is 5.43 Å². The van der Waals surface area contributed by atoms with E-state index in [9.17, 15) is 4.79 Å². The summed E-state index contributed by atoms with van der Waals surface area (Å²) >= 11 is 0. The van der Waals surface area contributed by atoms with Gasteiger partial charge >= 0.3 is 0 Å². The maximum Gasteiger partial charge on any atom is 0.259 e. The first kappa shape index (κ1) is 19.2. The Morgan fingerprint density at radius 2 is 1.86 bits per heavy atom. The minimum absolute atomic E-state index is 0.109. The van der Waals surface area contributed by atoms with Gasteiger partial charge in [-0.1, -0.05) is 30.3 Å². The molecule has 0 saturated carbocycles. The number of carbonyl (C=O) groups is 1. The number of anilines is 1. The maximum absolute atomic E-state index is 12.1. The van der Waals surface area contributed by atoms with Gasteiger partial charge in [0.15, 0.2) is 0 Å².